The lowest BCUT2D eigenvalue weighted by molar-refractivity contribution is 0.100. The number of pyridine rings is 1. The minimum absolute atomic E-state index is 0.418. The summed E-state index contributed by atoms with van der Waals surface area (Å²) in [6, 6.07) is 1.60. The fourth-order valence-corrected chi connectivity index (χ4v) is 2.27. The number of nitrogens with zero attached hydrogens (tertiary/aromatic N) is 2. The van der Waals surface area contributed by atoms with Gasteiger partial charge in [0.25, 0.3) is 5.91 Å². The number of hydrogen-bond donors (Lipinski definition) is 2. The summed E-state index contributed by atoms with van der Waals surface area (Å²) in [5.74, 6) is 0.873. The number of carbonyl (C=O) groups excluding carboxylic acids is 1. The summed E-state index contributed by atoms with van der Waals surface area (Å²) in [5, 5.41) is 0. The lowest BCUT2D eigenvalue weighted by Crippen LogP contribution is -2.25. The molecule has 0 aliphatic carbocycles. The average molecular weight is 234 g/mol. The second-order valence-corrected chi connectivity index (χ2v) is 4.51. The minimum Gasteiger partial charge on any atom is -0.397 e. The maximum Gasteiger partial charge on any atom is 0.252 e. The first kappa shape index (κ1) is 11.7. The maximum absolute atomic E-state index is 11.4. The number of carbonyl (C=O) groups is 1. The summed E-state index contributed by atoms with van der Waals surface area (Å²) in [5.41, 5.74) is 11.9. The first-order valence-corrected chi connectivity index (χ1v) is 5.92. The zero-order chi connectivity index (χ0) is 12.4. The minimum atomic E-state index is -0.472. The predicted molar refractivity (Wildman–Crippen MR) is 67.8 cm³/mol. The fourth-order valence-electron chi connectivity index (χ4n) is 2.27. The first-order chi connectivity index (χ1) is 8.11. The van der Waals surface area contributed by atoms with Gasteiger partial charge in [-0.1, -0.05) is 13.3 Å². The van der Waals surface area contributed by atoms with Crippen molar-refractivity contribution in [2.24, 2.45) is 11.7 Å². The van der Waals surface area contributed by atoms with E-state index in [0.717, 1.165) is 25.9 Å². The standard InChI is InChI=1S/C12H18N4O/c1-2-8-3-4-16(7-8)12-10(11(14)17)5-9(13)6-15-12/h5-6,8H,2-4,7,13H2,1H3,(H2,14,17). The van der Waals surface area contributed by atoms with Crippen LogP contribution in [0, 0.1) is 5.92 Å². The van der Waals surface area contributed by atoms with Crippen LogP contribution in [0.25, 0.3) is 0 Å². The summed E-state index contributed by atoms with van der Waals surface area (Å²) in [6.07, 6.45) is 3.86. The third-order valence-electron chi connectivity index (χ3n) is 3.32. The predicted octanol–water partition coefficient (Wildman–Crippen LogP) is 0.999. The van der Waals surface area contributed by atoms with Gasteiger partial charge >= 0.3 is 0 Å². The van der Waals surface area contributed by atoms with E-state index in [-0.39, 0.29) is 0 Å². The van der Waals surface area contributed by atoms with Crippen LogP contribution in [0.15, 0.2) is 12.3 Å². The van der Waals surface area contributed by atoms with Crippen LogP contribution < -0.4 is 16.4 Å². The summed E-state index contributed by atoms with van der Waals surface area (Å²) in [7, 11) is 0. The Morgan fingerprint density at radius 3 is 3.00 bits per heavy atom. The van der Waals surface area contributed by atoms with Crippen molar-refractivity contribution < 1.29 is 4.79 Å². The van der Waals surface area contributed by atoms with E-state index in [4.69, 9.17) is 11.5 Å². The number of primary amides is 1. The summed E-state index contributed by atoms with van der Waals surface area (Å²) in [4.78, 5) is 17.8. The molecule has 1 aromatic rings. The molecule has 5 heteroatoms. The maximum atomic E-state index is 11.4. The molecular weight excluding hydrogens is 216 g/mol. The molecule has 1 aliphatic rings. The van der Waals surface area contributed by atoms with Crippen molar-refractivity contribution >= 4 is 17.4 Å². The largest absolute Gasteiger partial charge is 0.397 e. The fraction of sp³-hybridized carbons (Fsp3) is 0.500. The Balaban J connectivity index is 2.29. The van der Waals surface area contributed by atoms with Gasteiger partial charge in [0.05, 0.1) is 17.4 Å². The van der Waals surface area contributed by atoms with Crippen LogP contribution in [0.4, 0.5) is 11.5 Å². The van der Waals surface area contributed by atoms with Crippen LogP contribution in [0.1, 0.15) is 30.1 Å². The molecule has 1 amide bonds. The molecule has 1 saturated heterocycles. The van der Waals surface area contributed by atoms with Crippen LogP contribution in [-0.2, 0) is 0 Å². The second-order valence-electron chi connectivity index (χ2n) is 4.51. The molecule has 5 nitrogen and oxygen atoms in total. The molecule has 1 unspecified atom stereocenters. The highest BCUT2D eigenvalue weighted by Crippen LogP contribution is 2.27. The van der Waals surface area contributed by atoms with E-state index < -0.39 is 5.91 Å². The van der Waals surface area contributed by atoms with E-state index in [9.17, 15) is 4.79 Å². The number of aromatic nitrogens is 1. The lowest BCUT2D eigenvalue weighted by Gasteiger charge is -2.19. The topological polar surface area (TPSA) is 85.2 Å². The number of hydrogen-bond acceptors (Lipinski definition) is 4. The van der Waals surface area contributed by atoms with E-state index in [2.05, 4.69) is 16.8 Å². The average Bonchev–Trinajstić information content (AvgIpc) is 2.77. The zero-order valence-corrected chi connectivity index (χ0v) is 10.0. The summed E-state index contributed by atoms with van der Waals surface area (Å²) < 4.78 is 0. The molecular formula is C12H18N4O. The summed E-state index contributed by atoms with van der Waals surface area (Å²) >= 11 is 0. The van der Waals surface area contributed by atoms with Gasteiger partial charge in [0, 0.05) is 13.1 Å². The smallest absolute Gasteiger partial charge is 0.252 e. The zero-order valence-electron chi connectivity index (χ0n) is 10.0. The SMILES string of the molecule is CCC1CCN(c2ncc(N)cc2C(N)=O)C1. The third kappa shape index (κ3) is 2.33. The molecule has 0 spiro atoms. The lowest BCUT2D eigenvalue weighted by atomic mass is 10.1. The third-order valence-corrected chi connectivity index (χ3v) is 3.32. The van der Waals surface area contributed by atoms with Gasteiger partial charge in [0.15, 0.2) is 0 Å². The van der Waals surface area contributed by atoms with E-state index in [0.29, 0.717) is 23.0 Å². The highest BCUT2D eigenvalue weighted by Gasteiger charge is 2.25. The molecule has 1 atom stereocenters. The highest BCUT2D eigenvalue weighted by atomic mass is 16.1. The Morgan fingerprint density at radius 1 is 1.65 bits per heavy atom. The van der Waals surface area contributed by atoms with Gasteiger partial charge in [-0.25, -0.2) is 4.98 Å². The Kier molecular flexibility index (Phi) is 3.17. The highest BCUT2D eigenvalue weighted by molar-refractivity contribution is 5.98. The number of rotatable bonds is 3. The molecule has 17 heavy (non-hydrogen) atoms. The van der Waals surface area contributed by atoms with Crippen molar-refractivity contribution in [2.75, 3.05) is 23.7 Å². The van der Waals surface area contributed by atoms with E-state index >= 15 is 0 Å². The molecule has 2 heterocycles. The Hall–Kier alpha value is -1.78. The second kappa shape index (κ2) is 4.61. The van der Waals surface area contributed by atoms with Crippen LogP contribution in [0.3, 0.4) is 0 Å². The van der Waals surface area contributed by atoms with Gasteiger partial charge in [0.2, 0.25) is 0 Å². The molecule has 0 bridgehead atoms. The van der Waals surface area contributed by atoms with Crippen LogP contribution >= 0.6 is 0 Å². The van der Waals surface area contributed by atoms with E-state index in [1.807, 2.05) is 0 Å². The molecule has 2 rings (SSSR count). The Morgan fingerprint density at radius 2 is 2.41 bits per heavy atom. The van der Waals surface area contributed by atoms with Gasteiger partial charge in [-0.15, -0.1) is 0 Å². The molecule has 0 saturated carbocycles. The number of amides is 1. The van der Waals surface area contributed by atoms with Crippen LogP contribution in [-0.4, -0.2) is 24.0 Å². The van der Waals surface area contributed by atoms with Gasteiger partial charge in [-0.05, 0) is 18.4 Å². The molecule has 1 fully saturated rings. The molecule has 4 N–H and O–H groups in total. The van der Waals surface area contributed by atoms with E-state index in [1.165, 1.54) is 0 Å². The van der Waals surface area contributed by atoms with Crippen molar-refractivity contribution in [3.05, 3.63) is 17.8 Å². The Bertz CT molecular complexity index is 433. The van der Waals surface area contributed by atoms with Crippen LogP contribution in [0.2, 0.25) is 0 Å². The normalized spacial score (nSPS) is 19.6. The molecule has 92 valence electrons. The van der Waals surface area contributed by atoms with Gasteiger partial charge in [0.1, 0.15) is 5.82 Å². The number of anilines is 2. The van der Waals surface area contributed by atoms with Gasteiger partial charge in [-0.2, -0.15) is 0 Å². The number of nitrogen functional groups attached to an aromatic ring is 1. The van der Waals surface area contributed by atoms with Gasteiger partial charge in [-0.3, -0.25) is 4.79 Å². The molecule has 0 radical (unpaired) electrons. The Labute approximate surface area is 101 Å². The monoisotopic (exact) mass is 234 g/mol. The van der Waals surface area contributed by atoms with Crippen molar-refractivity contribution in [3.63, 3.8) is 0 Å². The van der Waals surface area contributed by atoms with Crippen LogP contribution in [0.5, 0.6) is 0 Å². The molecule has 1 aromatic heterocycles. The summed E-state index contributed by atoms with van der Waals surface area (Å²) in [6.45, 7) is 4.04. The van der Waals surface area contributed by atoms with Crippen molar-refractivity contribution in [2.45, 2.75) is 19.8 Å². The van der Waals surface area contributed by atoms with Gasteiger partial charge < -0.3 is 16.4 Å². The van der Waals surface area contributed by atoms with Crippen molar-refractivity contribution in [3.8, 4) is 0 Å². The van der Waals surface area contributed by atoms with Crippen molar-refractivity contribution in [1.82, 2.24) is 4.98 Å². The number of nitrogens with two attached hydrogens (primary N) is 2. The first-order valence-electron chi connectivity index (χ1n) is 5.92. The quantitative estimate of drug-likeness (QED) is 0.817. The van der Waals surface area contributed by atoms with E-state index in [1.54, 1.807) is 12.3 Å². The van der Waals surface area contributed by atoms with Crippen molar-refractivity contribution in [1.29, 1.82) is 0 Å². The molecule has 1 aliphatic heterocycles. The molecule has 0 aromatic carbocycles.